The van der Waals surface area contributed by atoms with Crippen molar-refractivity contribution in [1.82, 2.24) is 15.3 Å². The summed E-state index contributed by atoms with van der Waals surface area (Å²) in [6.07, 6.45) is -4.45. The molecule has 0 bridgehead atoms. The van der Waals surface area contributed by atoms with Crippen LogP contribution >= 0.6 is 0 Å². The predicted octanol–water partition coefficient (Wildman–Crippen LogP) is 2.74. The summed E-state index contributed by atoms with van der Waals surface area (Å²) in [5.41, 5.74) is 1.15. The van der Waals surface area contributed by atoms with Gasteiger partial charge in [0, 0.05) is 0 Å². The lowest BCUT2D eigenvalue weighted by molar-refractivity contribution is -0.274. The molecule has 2 aromatic rings. The maximum atomic E-state index is 12.0. The largest absolute Gasteiger partial charge is 0.573 e. The summed E-state index contributed by atoms with van der Waals surface area (Å²) < 4.78 is 39.8. The van der Waals surface area contributed by atoms with Crippen LogP contribution in [0.2, 0.25) is 0 Å². The van der Waals surface area contributed by atoms with E-state index < -0.39 is 12.5 Å². The monoisotopic (exact) mass is 301 g/mol. The number of nitrogens with zero attached hydrogens (tertiary/aromatic N) is 1. The number of nitrogens with one attached hydrogen (secondary N) is 2. The quantitative estimate of drug-likeness (QED) is 0.810. The average molecular weight is 301 g/mol. The number of H-pyrrole nitrogens is 1. The minimum atomic E-state index is -4.73. The molecule has 0 saturated carbocycles. The van der Waals surface area contributed by atoms with Gasteiger partial charge in [0.2, 0.25) is 0 Å². The number of rotatable bonds is 4. The third-order valence-corrected chi connectivity index (χ3v) is 2.43. The van der Waals surface area contributed by atoms with E-state index in [9.17, 15) is 18.0 Å². The van der Waals surface area contributed by atoms with Crippen LogP contribution in [0.5, 0.6) is 5.75 Å². The molecule has 0 aliphatic rings. The van der Waals surface area contributed by atoms with E-state index >= 15 is 0 Å². The number of ether oxygens (including phenoxy) is 1. The van der Waals surface area contributed by atoms with Crippen molar-refractivity contribution in [3.63, 3.8) is 0 Å². The Morgan fingerprint density at radius 1 is 1.33 bits per heavy atom. The van der Waals surface area contributed by atoms with Crippen molar-refractivity contribution in [2.24, 2.45) is 0 Å². The average Bonchev–Trinajstić information content (AvgIpc) is 2.84. The first-order chi connectivity index (χ1) is 9.83. The SMILES string of the molecule is O=C(O)NCc1ncc(-c2ccc(OC(F)(F)F)cc2)[nH]1. The van der Waals surface area contributed by atoms with Crippen molar-refractivity contribution in [3.8, 4) is 17.0 Å². The molecule has 2 rings (SSSR count). The van der Waals surface area contributed by atoms with Crippen LogP contribution in [0.25, 0.3) is 11.3 Å². The maximum Gasteiger partial charge on any atom is 0.573 e. The zero-order valence-corrected chi connectivity index (χ0v) is 10.4. The van der Waals surface area contributed by atoms with Gasteiger partial charge < -0.3 is 20.1 Å². The van der Waals surface area contributed by atoms with Crippen molar-refractivity contribution < 1.29 is 27.8 Å². The lowest BCUT2D eigenvalue weighted by atomic mass is 10.2. The Hall–Kier alpha value is -2.71. The van der Waals surface area contributed by atoms with Crippen LogP contribution in [0, 0.1) is 0 Å². The standard InChI is InChI=1S/C12H10F3N3O3/c13-12(14,15)21-8-3-1-7(2-4-8)9-5-16-10(18-9)6-17-11(19)20/h1-5,17H,6H2,(H,16,18)(H,19,20). The van der Waals surface area contributed by atoms with E-state index in [0.717, 1.165) is 0 Å². The van der Waals surface area contributed by atoms with Crippen LogP contribution in [0.15, 0.2) is 30.5 Å². The van der Waals surface area contributed by atoms with Gasteiger partial charge in [-0.1, -0.05) is 0 Å². The van der Waals surface area contributed by atoms with Gasteiger partial charge in [0.15, 0.2) is 0 Å². The Balaban J connectivity index is 2.07. The minimum Gasteiger partial charge on any atom is -0.465 e. The minimum absolute atomic E-state index is 0.00457. The Morgan fingerprint density at radius 2 is 2.00 bits per heavy atom. The molecule has 21 heavy (non-hydrogen) atoms. The fourth-order valence-corrected chi connectivity index (χ4v) is 1.59. The van der Waals surface area contributed by atoms with Gasteiger partial charge in [-0.05, 0) is 29.8 Å². The molecule has 0 fully saturated rings. The number of amides is 1. The highest BCUT2D eigenvalue weighted by Gasteiger charge is 2.30. The topological polar surface area (TPSA) is 87.2 Å². The number of alkyl halides is 3. The number of carbonyl (C=O) groups is 1. The number of hydrogen-bond donors (Lipinski definition) is 3. The molecule has 3 N–H and O–H groups in total. The molecule has 0 radical (unpaired) electrons. The van der Waals surface area contributed by atoms with Crippen molar-refractivity contribution >= 4 is 6.09 Å². The second-order valence-corrected chi connectivity index (χ2v) is 3.97. The summed E-state index contributed by atoms with van der Waals surface area (Å²) in [5.74, 6) is 0.0709. The molecule has 0 atom stereocenters. The van der Waals surface area contributed by atoms with Gasteiger partial charge in [-0.15, -0.1) is 13.2 Å². The van der Waals surface area contributed by atoms with Gasteiger partial charge in [0.25, 0.3) is 0 Å². The number of hydrogen-bond acceptors (Lipinski definition) is 3. The van der Waals surface area contributed by atoms with Crippen molar-refractivity contribution in [2.75, 3.05) is 0 Å². The second kappa shape index (κ2) is 5.73. The zero-order chi connectivity index (χ0) is 15.5. The molecule has 112 valence electrons. The third-order valence-electron chi connectivity index (χ3n) is 2.43. The lowest BCUT2D eigenvalue weighted by Gasteiger charge is -2.08. The van der Waals surface area contributed by atoms with Crippen LogP contribution in [0.1, 0.15) is 5.82 Å². The van der Waals surface area contributed by atoms with E-state index in [-0.39, 0.29) is 12.3 Å². The van der Waals surface area contributed by atoms with Gasteiger partial charge in [0.1, 0.15) is 11.6 Å². The first-order valence-electron chi connectivity index (χ1n) is 5.70. The van der Waals surface area contributed by atoms with Crippen LogP contribution < -0.4 is 10.1 Å². The van der Waals surface area contributed by atoms with Crippen LogP contribution in [0.3, 0.4) is 0 Å². The summed E-state index contributed by atoms with van der Waals surface area (Å²) in [6.45, 7) is 0.00457. The summed E-state index contributed by atoms with van der Waals surface area (Å²) in [4.78, 5) is 17.1. The molecular weight excluding hydrogens is 291 g/mol. The molecule has 0 aliphatic heterocycles. The molecule has 1 amide bonds. The van der Waals surface area contributed by atoms with Gasteiger partial charge in [0.05, 0.1) is 18.4 Å². The van der Waals surface area contributed by atoms with E-state index in [1.165, 1.54) is 30.5 Å². The normalized spacial score (nSPS) is 11.2. The molecule has 9 heteroatoms. The lowest BCUT2D eigenvalue weighted by Crippen LogP contribution is -2.20. The predicted molar refractivity (Wildman–Crippen MR) is 65.6 cm³/mol. The molecule has 0 aliphatic carbocycles. The number of halogens is 3. The Labute approximate surface area is 116 Å². The number of aromatic amines is 1. The van der Waals surface area contributed by atoms with Gasteiger partial charge in [-0.2, -0.15) is 0 Å². The van der Waals surface area contributed by atoms with E-state index in [1.54, 1.807) is 0 Å². The molecule has 1 aromatic carbocycles. The first kappa shape index (κ1) is 14.7. The molecule has 1 aromatic heterocycles. The molecule has 0 saturated heterocycles. The molecular formula is C12H10F3N3O3. The fourth-order valence-electron chi connectivity index (χ4n) is 1.59. The molecule has 6 nitrogen and oxygen atoms in total. The Kier molecular flexibility index (Phi) is 4.01. The van der Waals surface area contributed by atoms with Crippen LogP contribution in [0.4, 0.5) is 18.0 Å². The summed E-state index contributed by atoms with van der Waals surface area (Å²) >= 11 is 0. The third kappa shape index (κ3) is 4.41. The highest BCUT2D eigenvalue weighted by Crippen LogP contribution is 2.25. The van der Waals surface area contributed by atoms with Crippen molar-refractivity contribution in [2.45, 2.75) is 12.9 Å². The maximum absolute atomic E-state index is 12.0. The second-order valence-electron chi connectivity index (χ2n) is 3.97. The van der Waals surface area contributed by atoms with E-state index in [1.807, 2.05) is 0 Å². The Morgan fingerprint density at radius 3 is 2.57 bits per heavy atom. The smallest absolute Gasteiger partial charge is 0.465 e. The number of carboxylic acid groups (broad SMARTS) is 1. The summed E-state index contributed by atoms with van der Waals surface area (Å²) in [5, 5.41) is 10.6. The van der Waals surface area contributed by atoms with Gasteiger partial charge >= 0.3 is 12.5 Å². The van der Waals surface area contributed by atoms with Gasteiger partial charge in [-0.3, -0.25) is 0 Å². The number of aromatic nitrogens is 2. The highest BCUT2D eigenvalue weighted by atomic mass is 19.4. The van der Waals surface area contributed by atoms with E-state index in [0.29, 0.717) is 17.1 Å². The number of benzene rings is 1. The zero-order valence-electron chi connectivity index (χ0n) is 10.4. The highest BCUT2D eigenvalue weighted by molar-refractivity contribution is 5.64. The van der Waals surface area contributed by atoms with Crippen LogP contribution in [-0.2, 0) is 6.54 Å². The Bertz CT molecular complexity index is 623. The van der Waals surface area contributed by atoms with Crippen molar-refractivity contribution in [3.05, 3.63) is 36.3 Å². The molecule has 1 heterocycles. The first-order valence-corrected chi connectivity index (χ1v) is 5.70. The number of imidazole rings is 1. The van der Waals surface area contributed by atoms with Gasteiger partial charge in [-0.25, -0.2) is 9.78 Å². The van der Waals surface area contributed by atoms with Crippen LogP contribution in [-0.4, -0.2) is 27.5 Å². The fraction of sp³-hybridized carbons (Fsp3) is 0.167. The molecule has 0 spiro atoms. The summed E-state index contributed by atoms with van der Waals surface area (Å²) in [6, 6.07) is 5.23. The van der Waals surface area contributed by atoms with Crippen molar-refractivity contribution in [1.29, 1.82) is 0 Å². The summed E-state index contributed by atoms with van der Waals surface area (Å²) in [7, 11) is 0. The molecule has 0 unspecified atom stereocenters. The van der Waals surface area contributed by atoms with E-state index in [2.05, 4.69) is 20.0 Å². The van der Waals surface area contributed by atoms with E-state index in [4.69, 9.17) is 5.11 Å².